The van der Waals surface area contributed by atoms with Crippen LogP contribution in [0.2, 0.25) is 0 Å². The Hall–Kier alpha value is -3.30. The molecule has 31 heavy (non-hydrogen) atoms. The van der Waals surface area contributed by atoms with Gasteiger partial charge in [-0.2, -0.15) is 0 Å². The lowest BCUT2D eigenvalue weighted by Crippen LogP contribution is -2.42. The minimum absolute atomic E-state index is 0.0250. The summed E-state index contributed by atoms with van der Waals surface area (Å²) >= 11 is 1.05. The molecular weight excluding hydrogens is 438 g/mol. The third kappa shape index (κ3) is 3.55. The molecule has 9 heteroatoms. The van der Waals surface area contributed by atoms with E-state index in [9.17, 15) is 27.9 Å². The van der Waals surface area contributed by atoms with Crippen molar-refractivity contribution in [2.24, 2.45) is 0 Å². The number of anilines is 1. The van der Waals surface area contributed by atoms with Crippen LogP contribution in [-0.2, 0) is 21.1 Å². The van der Waals surface area contributed by atoms with E-state index in [0.29, 0.717) is 10.4 Å². The first-order valence-electron chi connectivity index (χ1n) is 9.31. The summed E-state index contributed by atoms with van der Waals surface area (Å²) in [4.78, 5) is 38.4. The van der Waals surface area contributed by atoms with Crippen LogP contribution in [0.3, 0.4) is 0 Å². The van der Waals surface area contributed by atoms with Gasteiger partial charge in [-0.15, -0.1) is 11.3 Å². The molecule has 0 radical (unpaired) electrons. The topological polar surface area (TPSA) is 109 Å². The molecule has 4 rings (SSSR count). The Morgan fingerprint density at radius 1 is 1.10 bits per heavy atom. The fraction of sp³-hybridized carbons (Fsp3) is 0.136. The highest BCUT2D eigenvalue weighted by Gasteiger charge is 2.37. The summed E-state index contributed by atoms with van der Waals surface area (Å²) in [6.07, 6.45) is -0.129. The number of hydrogen-bond donors (Lipinski definition) is 1. The lowest BCUT2D eigenvalue weighted by atomic mass is 10.0. The number of carboxylic acids is 1. The highest BCUT2D eigenvalue weighted by molar-refractivity contribution is 7.91. The van der Waals surface area contributed by atoms with Gasteiger partial charge in [0.05, 0.1) is 33.4 Å². The number of thiophene rings is 1. The molecule has 1 aromatic heterocycles. The first-order valence-corrected chi connectivity index (χ1v) is 11.7. The molecule has 1 aliphatic heterocycles. The number of nitrogens with zero attached hydrogens (tertiary/aromatic N) is 1. The van der Waals surface area contributed by atoms with E-state index < -0.39 is 32.9 Å². The lowest BCUT2D eigenvalue weighted by Gasteiger charge is -2.26. The summed E-state index contributed by atoms with van der Waals surface area (Å²) in [5.74, 6) is -2.56. The second-order valence-electron chi connectivity index (χ2n) is 7.06. The second kappa shape index (κ2) is 7.75. The predicted octanol–water partition coefficient (Wildman–Crippen LogP) is 3.71. The summed E-state index contributed by atoms with van der Waals surface area (Å²) < 4.78 is 26.3. The molecule has 0 fully saturated rings. The average Bonchev–Trinajstić information content (AvgIpc) is 3.18. The van der Waals surface area contributed by atoms with Gasteiger partial charge in [0, 0.05) is 10.3 Å². The van der Waals surface area contributed by atoms with Crippen LogP contribution in [0, 0.1) is 0 Å². The Balaban J connectivity index is 1.75. The van der Waals surface area contributed by atoms with E-state index in [4.69, 9.17) is 0 Å². The molecule has 1 atom stereocenters. The molecule has 1 N–H and O–H groups in total. The standard InChI is InChI=1S/C22H17NO6S2/c1-13(14-6-3-2-4-7-14)31(28,29)16-9-5-8-15(10-16)23-19(24)11-18-20(21(23)25)17(12-30-18)22(26)27/h2-10,12-13H,11H2,1H3,(H,26,27). The number of rotatable bonds is 5. The highest BCUT2D eigenvalue weighted by Crippen LogP contribution is 2.34. The Labute approximate surface area is 182 Å². The van der Waals surface area contributed by atoms with Crippen molar-refractivity contribution < 1.29 is 27.9 Å². The van der Waals surface area contributed by atoms with Crippen molar-refractivity contribution in [2.75, 3.05) is 4.90 Å². The smallest absolute Gasteiger partial charge is 0.337 e. The minimum atomic E-state index is -3.80. The number of carbonyl (C=O) groups excluding carboxylic acids is 2. The molecule has 1 unspecified atom stereocenters. The number of imide groups is 1. The van der Waals surface area contributed by atoms with Crippen LogP contribution in [0.25, 0.3) is 0 Å². The first-order chi connectivity index (χ1) is 14.7. The zero-order chi connectivity index (χ0) is 22.3. The summed E-state index contributed by atoms with van der Waals surface area (Å²) in [5.41, 5.74) is 0.517. The second-order valence-corrected chi connectivity index (χ2v) is 10.3. The van der Waals surface area contributed by atoms with E-state index >= 15 is 0 Å². The number of aromatic carboxylic acids is 1. The largest absolute Gasteiger partial charge is 0.478 e. The normalized spacial score (nSPS) is 14.9. The van der Waals surface area contributed by atoms with Gasteiger partial charge >= 0.3 is 5.97 Å². The van der Waals surface area contributed by atoms with E-state index in [1.807, 2.05) is 0 Å². The maximum atomic E-state index is 13.2. The molecule has 1 aliphatic rings. The number of hydrogen-bond acceptors (Lipinski definition) is 6. The van der Waals surface area contributed by atoms with Crippen LogP contribution in [-0.4, -0.2) is 31.3 Å². The van der Waals surface area contributed by atoms with Crippen LogP contribution in [0.1, 0.15) is 43.3 Å². The van der Waals surface area contributed by atoms with Gasteiger partial charge in [-0.05, 0) is 30.7 Å². The molecule has 158 valence electrons. The molecule has 3 aromatic rings. The van der Waals surface area contributed by atoms with E-state index in [-0.39, 0.29) is 28.1 Å². The summed E-state index contributed by atoms with van der Waals surface area (Å²) in [7, 11) is -3.80. The van der Waals surface area contributed by atoms with Crippen LogP contribution >= 0.6 is 11.3 Å². The van der Waals surface area contributed by atoms with Gasteiger partial charge in [0.15, 0.2) is 9.84 Å². The lowest BCUT2D eigenvalue weighted by molar-refractivity contribution is -0.117. The van der Waals surface area contributed by atoms with Crippen LogP contribution in [0.4, 0.5) is 5.69 Å². The fourth-order valence-electron chi connectivity index (χ4n) is 3.53. The molecule has 2 amide bonds. The molecule has 2 heterocycles. The zero-order valence-corrected chi connectivity index (χ0v) is 17.9. The summed E-state index contributed by atoms with van der Waals surface area (Å²) in [5, 5.41) is 9.86. The average molecular weight is 456 g/mol. The van der Waals surface area contributed by atoms with E-state index in [0.717, 1.165) is 16.2 Å². The van der Waals surface area contributed by atoms with Gasteiger partial charge < -0.3 is 5.11 Å². The minimum Gasteiger partial charge on any atom is -0.478 e. The molecule has 2 aromatic carbocycles. The number of fused-ring (bicyclic) bond motifs is 1. The molecular formula is C22H17NO6S2. The van der Waals surface area contributed by atoms with Gasteiger partial charge in [-0.3, -0.25) is 9.59 Å². The van der Waals surface area contributed by atoms with Gasteiger partial charge in [0.2, 0.25) is 5.91 Å². The molecule has 0 saturated heterocycles. The SMILES string of the molecule is CC(c1ccccc1)S(=O)(=O)c1cccc(N2C(=O)Cc3scc(C(=O)O)c3C2=O)c1. The Morgan fingerprint density at radius 2 is 1.81 bits per heavy atom. The zero-order valence-electron chi connectivity index (χ0n) is 16.3. The summed E-state index contributed by atoms with van der Waals surface area (Å²) in [6.45, 7) is 1.57. The third-order valence-corrected chi connectivity index (χ3v) is 8.32. The number of benzene rings is 2. The van der Waals surface area contributed by atoms with Crippen LogP contribution in [0.15, 0.2) is 64.9 Å². The molecule has 0 bridgehead atoms. The first kappa shape index (κ1) is 21.0. The monoisotopic (exact) mass is 455 g/mol. The van der Waals surface area contributed by atoms with E-state index in [1.54, 1.807) is 37.3 Å². The van der Waals surface area contributed by atoms with Crippen molar-refractivity contribution in [3.63, 3.8) is 0 Å². The van der Waals surface area contributed by atoms with Crippen molar-refractivity contribution in [3.8, 4) is 0 Å². The Kier molecular flexibility index (Phi) is 5.24. The van der Waals surface area contributed by atoms with Crippen molar-refractivity contribution in [2.45, 2.75) is 23.5 Å². The molecule has 0 saturated carbocycles. The molecule has 0 spiro atoms. The van der Waals surface area contributed by atoms with Gasteiger partial charge in [-0.1, -0.05) is 36.4 Å². The number of amides is 2. The third-order valence-electron chi connectivity index (χ3n) is 5.21. The van der Waals surface area contributed by atoms with Crippen molar-refractivity contribution >= 4 is 44.6 Å². The maximum absolute atomic E-state index is 13.2. The Bertz CT molecular complexity index is 1310. The molecule has 0 aliphatic carbocycles. The van der Waals surface area contributed by atoms with Gasteiger partial charge in [0.1, 0.15) is 0 Å². The van der Waals surface area contributed by atoms with Crippen molar-refractivity contribution in [1.29, 1.82) is 0 Å². The highest BCUT2D eigenvalue weighted by atomic mass is 32.2. The number of carbonyl (C=O) groups is 3. The number of sulfone groups is 1. The van der Waals surface area contributed by atoms with Crippen LogP contribution in [0.5, 0.6) is 0 Å². The quantitative estimate of drug-likeness (QED) is 0.588. The van der Waals surface area contributed by atoms with Gasteiger partial charge in [-0.25, -0.2) is 18.1 Å². The van der Waals surface area contributed by atoms with E-state index in [1.165, 1.54) is 29.6 Å². The molecule has 7 nitrogen and oxygen atoms in total. The number of carboxylic acid groups (broad SMARTS) is 1. The summed E-state index contributed by atoms with van der Waals surface area (Å²) in [6, 6.07) is 14.3. The fourth-order valence-corrected chi connectivity index (χ4v) is 6.01. The maximum Gasteiger partial charge on any atom is 0.337 e. The predicted molar refractivity (Wildman–Crippen MR) is 115 cm³/mol. The Morgan fingerprint density at radius 3 is 2.48 bits per heavy atom. The van der Waals surface area contributed by atoms with Crippen molar-refractivity contribution in [1.82, 2.24) is 0 Å². The van der Waals surface area contributed by atoms with E-state index in [2.05, 4.69) is 0 Å². The van der Waals surface area contributed by atoms with Crippen LogP contribution < -0.4 is 4.90 Å². The van der Waals surface area contributed by atoms with Gasteiger partial charge in [0.25, 0.3) is 5.91 Å². The van der Waals surface area contributed by atoms with Crippen molar-refractivity contribution in [3.05, 3.63) is 81.5 Å².